The molecule has 2 saturated heterocycles. The lowest BCUT2D eigenvalue weighted by molar-refractivity contribution is -0.269. The lowest BCUT2D eigenvalue weighted by Gasteiger charge is -2.39. The Balaban J connectivity index is 1.63. The number of carbonyl (C=O) groups excluding carboxylic acids is 1. The van der Waals surface area contributed by atoms with E-state index in [2.05, 4.69) is 18.7 Å². The predicted molar refractivity (Wildman–Crippen MR) is 116 cm³/mol. The van der Waals surface area contributed by atoms with Gasteiger partial charge in [0.15, 0.2) is 18.6 Å². The molecule has 3 heterocycles. The topological polar surface area (TPSA) is 306 Å². The smallest absolute Gasteiger partial charge is 0.387 e. The Morgan fingerprint density at radius 2 is 1.68 bits per heavy atom. The minimum atomic E-state index is -5.67. The molecule has 2 aliphatic rings. The van der Waals surface area contributed by atoms with Crippen LogP contribution < -0.4 is 16.6 Å². The Morgan fingerprint density at radius 3 is 2.29 bits per heavy atom. The summed E-state index contributed by atoms with van der Waals surface area (Å²) in [4.78, 5) is 56.5. The highest BCUT2D eigenvalue weighted by atomic mass is 31.3. The fraction of sp³-hybridized carbons (Fsp3) is 0.688. The Labute approximate surface area is 211 Å². The highest BCUT2D eigenvalue weighted by molar-refractivity contribution is 7.61. The number of ether oxygens (including phenoxy) is 2. The van der Waals surface area contributed by atoms with Gasteiger partial charge in [0.05, 0.1) is 6.61 Å². The maximum absolute atomic E-state index is 12.3. The summed E-state index contributed by atoms with van der Waals surface area (Å²) in [6, 6.07) is 0.922. The Kier molecular flexibility index (Phi) is 9.45. The minimum Gasteiger partial charge on any atom is -0.387 e. The van der Waals surface area contributed by atoms with Crippen molar-refractivity contribution in [1.82, 2.24) is 14.9 Å². The molecule has 0 saturated carbocycles. The molecule has 38 heavy (non-hydrogen) atoms. The standard InChI is InChI=1S/C16H25N3O17P2/c1-17-13(26)12-9(23)8(22)11(25)15(34-12)35-38(30,31)36-37(28,29)32-4-5-7(21)10(24)14(33-5)19-3-2-6(20)18-16(19)27/h2-3,5,7-12,14-15,21-25H,4H2,1H3,(H,17,26)(H,28,29)(H,30,31)(H,18,20,27)/t5?,7-,8+,9+,10-,11-,12+,14-,15-/m1/s1. The highest BCUT2D eigenvalue weighted by Gasteiger charge is 2.51. The first-order chi connectivity index (χ1) is 17.6. The molecule has 0 radical (unpaired) electrons. The summed E-state index contributed by atoms with van der Waals surface area (Å²) in [5.74, 6) is -1.01. The molecule has 3 unspecified atom stereocenters. The van der Waals surface area contributed by atoms with E-state index in [0.29, 0.717) is 4.57 Å². The van der Waals surface area contributed by atoms with Gasteiger partial charge in [-0.25, -0.2) is 13.9 Å². The van der Waals surface area contributed by atoms with Crippen molar-refractivity contribution < 1.29 is 72.1 Å². The van der Waals surface area contributed by atoms with Crippen LogP contribution in [0.2, 0.25) is 0 Å². The fourth-order valence-electron chi connectivity index (χ4n) is 3.49. The van der Waals surface area contributed by atoms with Crippen molar-refractivity contribution in [2.24, 2.45) is 0 Å². The monoisotopic (exact) mass is 593 g/mol. The zero-order valence-electron chi connectivity index (χ0n) is 19.1. The van der Waals surface area contributed by atoms with Crippen molar-refractivity contribution in [3.63, 3.8) is 0 Å². The number of likely N-dealkylation sites (N-methyl/N-ethyl adjacent to an activating group) is 1. The normalized spacial score (nSPS) is 36.8. The third-order valence-electron chi connectivity index (χ3n) is 5.38. The number of rotatable bonds is 9. The summed E-state index contributed by atoms with van der Waals surface area (Å²) in [7, 11) is -10.1. The lowest BCUT2D eigenvalue weighted by atomic mass is 9.98. The molecule has 1 aromatic rings. The summed E-state index contributed by atoms with van der Waals surface area (Å²) in [6.45, 7) is -1.05. The van der Waals surface area contributed by atoms with E-state index >= 15 is 0 Å². The molecule has 0 aromatic carbocycles. The van der Waals surface area contributed by atoms with Crippen molar-refractivity contribution >= 4 is 21.6 Å². The first-order valence-electron chi connectivity index (χ1n) is 10.5. The highest BCUT2D eigenvalue weighted by Crippen LogP contribution is 2.61. The molecule has 2 aliphatic heterocycles. The van der Waals surface area contributed by atoms with Crippen LogP contribution in [0, 0.1) is 0 Å². The zero-order chi connectivity index (χ0) is 28.6. The van der Waals surface area contributed by atoms with E-state index < -0.39 is 94.7 Å². The van der Waals surface area contributed by atoms with Gasteiger partial charge in [-0.15, -0.1) is 0 Å². The molecular formula is C16H25N3O17P2. The zero-order valence-corrected chi connectivity index (χ0v) is 20.9. The number of hydrogen-bond donors (Lipinski definition) is 9. The van der Waals surface area contributed by atoms with Gasteiger partial charge < -0.3 is 50.1 Å². The second-order valence-corrected chi connectivity index (χ2v) is 11.0. The Morgan fingerprint density at radius 1 is 1.03 bits per heavy atom. The van der Waals surface area contributed by atoms with Gasteiger partial charge in [-0.2, -0.15) is 4.31 Å². The van der Waals surface area contributed by atoms with Gasteiger partial charge >= 0.3 is 21.3 Å². The number of phosphoric ester groups is 2. The number of aromatic nitrogens is 2. The summed E-state index contributed by atoms with van der Waals surface area (Å²) in [5, 5.41) is 52.0. The number of aliphatic hydroxyl groups is 5. The van der Waals surface area contributed by atoms with E-state index in [1.807, 2.05) is 4.98 Å². The van der Waals surface area contributed by atoms with Gasteiger partial charge in [0.25, 0.3) is 11.5 Å². The number of H-pyrrole nitrogens is 1. The largest absolute Gasteiger partial charge is 0.483 e. The summed E-state index contributed by atoms with van der Waals surface area (Å²) in [5.41, 5.74) is -1.76. The van der Waals surface area contributed by atoms with Gasteiger partial charge in [-0.1, -0.05) is 0 Å². The van der Waals surface area contributed by atoms with Crippen LogP contribution >= 0.6 is 15.6 Å². The van der Waals surface area contributed by atoms with Crippen LogP contribution in [-0.2, 0) is 36.8 Å². The first-order valence-corrected chi connectivity index (χ1v) is 13.5. The average Bonchev–Trinajstić information content (AvgIpc) is 3.10. The van der Waals surface area contributed by atoms with Crippen LogP contribution in [0.1, 0.15) is 6.23 Å². The third kappa shape index (κ3) is 6.82. The Hall–Kier alpha value is -1.87. The fourth-order valence-corrected chi connectivity index (χ4v) is 5.65. The van der Waals surface area contributed by atoms with Crippen molar-refractivity contribution in [3.05, 3.63) is 33.1 Å². The number of aliphatic hydroxyl groups excluding tert-OH is 5. The summed E-state index contributed by atoms with van der Waals surface area (Å²) >= 11 is 0. The number of phosphoric acid groups is 2. The number of hydrogen-bond acceptors (Lipinski definition) is 15. The molecule has 3 rings (SSSR count). The van der Waals surface area contributed by atoms with Crippen LogP contribution in [0.15, 0.2) is 21.9 Å². The van der Waals surface area contributed by atoms with Gasteiger partial charge in [0.1, 0.15) is 36.6 Å². The van der Waals surface area contributed by atoms with E-state index in [0.717, 1.165) is 19.3 Å². The van der Waals surface area contributed by atoms with Crippen molar-refractivity contribution in [2.75, 3.05) is 13.7 Å². The van der Waals surface area contributed by atoms with Crippen molar-refractivity contribution in [2.45, 2.75) is 55.2 Å². The molecule has 0 spiro atoms. The van der Waals surface area contributed by atoms with Gasteiger partial charge in [0, 0.05) is 19.3 Å². The van der Waals surface area contributed by atoms with E-state index in [-0.39, 0.29) is 0 Å². The molecule has 2 fully saturated rings. The van der Waals surface area contributed by atoms with Crippen LogP contribution in [0.5, 0.6) is 0 Å². The molecule has 216 valence electrons. The molecule has 22 heteroatoms. The second kappa shape index (κ2) is 11.7. The first kappa shape index (κ1) is 30.7. The Bertz CT molecular complexity index is 1220. The number of nitrogens with zero attached hydrogens (tertiary/aromatic N) is 1. The minimum absolute atomic E-state index is 0.715. The SMILES string of the molecule is CNC(=O)[C@H]1O[C@H](OP(=O)(O)OP(=O)(O)OCC2O[C@@H](n3ccc(=O)[nH]c3=O)[C@H](O)[C@@H]2O)[C@H](O)[C@@H](O)[C@@H]1O. The quantitative estimate of drug-likeness (QED) is 0.121. The molecular weight excluding hydrogens is 568 g/mol. The number of nitrogens with one attached hydrogen (secondary N) is 2. The molecule has 20 nitrogen and oxygen atoms in total. The van der Waals surface area contributed by atoms with Gasteiger partial charge in [-0.3, -0.25) is 28.2 Å². The van der Waals surface area contributed by atoms with Crippen LogP contribution in [0.3, 0.4) is 0 Å². The maximum atomic E-state index is 12.3. The molecule has 11 atom stereocenters. The van der Waals surface area contributed by atoms with E-state index in [4.69, 9.17) is 9.47 Å². The lowest BCUT2D eigenvalue weighted by Crippen LogP contribution is -2.61. The van der Waals surface area contributed by atoms with Gasteiger partial charge in [-0.05, 0) is 0 Å². The van der Waals surface area contributed by atoms with E-state index in [1.54, 1.807) is 0 Å². The third-order valence-corrected chi connectivity index (χ3v) is 7.98. The second-order valence-electron chi connectivity index (χ2n) is 7.99. The predicted octanol–water partition coefficient (Wildman–Crippen LogP) is -5.04. The molecule has 9 N–H and O–H groups in total. The van der Waals surface area contributed by atoms with Crippen LogP contribution in [0.4, 0.5) is 0 Å². The molecule has 1 amide bonds. The number of aromatic amines is 1. The molecule has 0 aliphatic carbocycles. The molecule has 0 bridgehead atoms. The van der Waals surface area contributed by atoms with Gasteiger partial charge in [0.2, 0.25) is 0 Å². The summed E-state index contributed by atoms with van der Waals surface area (Å²) in [6.07, 6.45) is -16.3. The maximum Gasteiger partial charge on any atom is 0.483 e. The van der Waals surface area contributed by atoms with Crippen LogP contribution in [0.25, 0.3) is 0 Å². The number of amides is 1. The van der Waals surface area contributed by atoms with Crippen LogP contribution in [-0.4, -0.2) is 113 Å². The van der Waals surface area contributed by atoms with E-state index in [1.165, 1.54) is 0 Å². The van der Waals surface area contributed by atoms with Crippen molar-refractivity contribution in [3.8, 4) is 0 Å². The number of carbonyl (C=O) groups is 1. The summed E-state index contributed by atoms with van der Waals surface area (Å²) < 4.78 is 48.4. The van der Waals surface area contributed by atoms with E-state index in [9.17, 15) is 58.8 Å². The van der Waals surface area contributed by atoms with Crippen molar-refractivity contribution in [1.29, 1.82) is 0 Å². The molecule has 1 aromatic heterocycles. The average molecular weight is 593 g/mol.